The third kappa shape index (κ3) is 2.51. The summed E-state index contributed by atoms with van der Waals surface area (Å²) in [5, 5.41) is 4.85. The number of aromatic nitrogens is 4. The summed E-state index contributed by atoms with van der Waals surface area (Å²) < 4.78 is 5.33. The second-order valence-corrected chi connectivity index (χ2v) is 6.21. The Labute approximate surface area is 137 Å². The van der Waals surface area contributed by atoms with E-state index in [0.717, 1.165) is 34.8 Å². The van der Waals surface area contributed by atoms with Crippen molar-refractivity contribution in [1.29, 1.82) is 0 Å². The van der Waals surface area contributed by atoms with E-state index in [-0.39, 0.29) is 12.4 Å². The summed E-state index contributed by atoms with van der Waals surface area (Å²) in [5.74, 6) is 1.07. The second kappa shape index (κ2) is 5.75. The van der Waals surface area contributed by atoms with Crippen molar-refractivity contribution >= 4 is 23.7 Å². The van der Waals surface area contributed by atoms with Gasteiger partial charge in [0.25, 0.3) is 5.89 Å². The topological polar surface area (TPSA) is 90.7 Å². The van der Waals surface area contributed by atoms with Crippen LogP contribution in [-0.2, 0) is 5.54 Å². The molecule has 4 rings (SSSR count). The van der Waals surface area contributed by atoms with Crippen LogP contribution in [0.2, 0.25) is 0 Å². The predicted molar refractivity (Wildman–Crippen MR) is 85.6 cm³/mol. The number of nitrogens with two attached hydrogens (primary N) is 1. The summed E-state index contributed by atoms with van der Waals surface area (Å²) in [6.45, 7) is 0. The molecule has 0 bridgehead atoms. The summed E-state index contributed by atoms with van der Waals surface area (Å²) in [6.07, 6.45) is 6.42. The van der Waals surface area contributed by atoms with Crippen LogP contribution < -0.4 is 5.73 Å². The standard InChI is InChI=1S/C14H13N5OS.ClH/c15-14(5-3-6-14)13-18-11(20-19-13)10-8-17-12(21-10)9-4-1-2-7-16-9;/h1-2,4,7-8H,3,5-6,15H2;1H. The Hall–Kier alpha value is -1.83. The molecule has 0 radical (unpaired) electrons. The lowest BCUT2D eigenvalue weighted by atomic mass is 9.77. The van der Waals surface area contributed by atoms with Gasteiger partial charge in [-0.2, -0.15) is 4.98 Å². The zero-order chi connectivity index (χ0) is 14.3. The highest BCUT2D eigenvalue weighted by Gasteiger charge is 2.39. The molecule has 0 aromatic carbocycles. The van der Waals surface area contributed by atoms with E-state index in [4.69, 9.17) is 10.3 Å². The molecule has 0 unspecified atom stereocenters. The van der Waals surface area contributed by atoms with Crippen LogP contribution in [0.3, 0.4) is 0 Å². The first-order chi connectivity index (χ1) is 10.2. The molecule has 0 amide bonds. The SMILES string of the molecule is Cl.NC1(c2noc(-c3cnc(-c4ccccn4)s3)n2)CCC1. The quantitative estimate of drug-likeness (QED) is 0.791. The number of hydrogen-bond acceptors (Lipinski definition) is 7. The highest BCUT2D eigenvalue weighted by atomic mass is 35.5. The maximum absolute atomic E-state index is 6.20. The molecular formula is C14H14ClN5OS. The Bertz CT molecular complexity index is 768. The molecule has 0 saturated heterocycles. The van der Waals surface area contributed by atoms with E-state index in [9.17, 15) is 0 Å². The van der Waals surface area contributed by atoms with Crippen LogP contribution in [0.4, 0.5) is 0 Å². The molecule has 1 aliphatic rings. The van der Waals surface area contributed by atoms with Crippen LogP contribution in [0.5, 0.6) is 0 Å². The number of hydrogen-bond donors (Lipinski definition) is 1. The monoisotopic (exact) mass is 335 g/mol. The first kappa shape index (κ1) is 15.1. The average Bonchev–Trinajstić information content (AvgIpc) is 3.14. The molecule has 0 spiro atoms. The fourth-order valence-corrected chi connectivity index (χ4v) is 3.10. The molecule has 2 N–H and O–H groups in total. The first-order valence-corrected chi connectivity index (χ1v) is 7.57. The maximum Gasteiger partial charge on any atom is 0.269 e. The summed E-state index contributed by atoms with van der Waals surface area (Å²) in [6, 6.07) is 5.73. The molecule has 1 fully saturated rings. The minimum atomic E-state index is -0.406. The van der Waals surface area contributed by atoms with Gasteiger partial charge in [-0.25, -0.2) is 4.98 Å². The summed E-state index contributed by atoms with van der Waals surface area (Å²) in [4.78, 5) is 13.9. The van der Waals surface area contributed by atoms with Crippen molar-refractivity contribution < 1.29 is 4.52 Å². The molecule has 6 nitrogen and oxygen atoms in total. The fraction of sp³-hybridized carbons (Fsp3) is 0.286. The van der Waals surface area contributed by atoms with Crippen LogP contribution in [-0.4, -0.2) is 20.1 Å². The van der Waals surface area contributed by atoms with E-state index >= 15 is 0 Å². The molecule has 0 atom stereocenters. The Kier molecular flexibility index (Phi) is 3.94. The minimum absolute atomic E-state index is 0. The molecule has 8 heteroatoms. The molecule has 3 aromatic heterocycles. The number of halogens is 1. The molecule has 3 heterocycles. The van der Waals surface area contributed by atoms with Crippen LogP contribution in [0, 0.1) is 0 Å². The van der Waals surface area contributed by atoms with E-state index in [1.54, 1.807) is 12.4 Å². The normalized spacial score (nSPS) is 15.9. The summed E-state index contributed by atoms with van der Waals surface area (Å²) in [7, 11) is 0. The highest BCUT2D eigenvalue weighted by Crippen LogP contribution is 2.38. The third-order valence-electron chi connectivity index (χ3n) is 3.72. The van der Waals surface area contributed by atoms with Crippen molar-refractivity contribution in [3.63, 3.8) is 0 Å². The van der Waals surface area contributed by atoms with Gasteiger partial charge in [0.15, 0.2) is 5.82 Å². The van der Waals surface area contributed by atoms with Crippen molar-refractivity contribution in [2.75, 3.05) is 0 Å². The van der Waals surface area contributed by atoms with Gasteiger partial charge < -0.3 is 10.3 Å². The van der Waals surface area contributed by atoms with Crippen LogP contribution >= 0.6 is 23.7 Å². The Morgan fingerprint density at radius 2 is 2.09 bits per heavy atom. The lowest BCUT2D eigenvalue weighted by Crippen LogP contribution is -2.44. The lowest BCUT2D eigenvalue weighted by Gasteiger charge is -2.34. The van der Waals surface area contributed by atoms with Gasteiger partial charge in [0.1, 0.15) is 9.88 Å². The van der Waals surface area contributed by atoms with Gasteiger partial charge in [0.05, 0.1) is 17.4 Å². The van der Waals surface area contributed by atoms with Crippen LogP contribution in [0.25, 0.3) is 21.5 Å². The Morgan fingerprint density at radius 1 is 1.23 bits per heavy atom. The molecule has 0 aliphatic heterocycles. The van der Waals surface area contributed by atoms with E-state index < -0.39 is 5.54 Å². The van der Waals surface area contributed by atoms with Gasteiger partial charge in [0.2, 0.25) is 0 Å². The van der Waals surface area contributed by atoms with Crippen molar-refractivity contribution in [3.8, 4) is 21.5 Å². The van der Waals surface area contributed by atoms with Gasteiger partial charge in [-0.3, -0.25) is 4.98 Å². The zero-order valence-corrected chi connectivity index (χ0v) is 13.2. The van der Waals surface area contributed by atoms with Crippen molar-refractivity contribution in [2.24, 2.45) is 5.73 Å². The van der Waals surface area contributed by atoms with Gasteiger partial charge in [-0.05, 0) is 31.4 Å². The van der Waals surface area contributed by atoms with Gasteiger partial charge in [-0.15, -0.1) is 23.7 Å². The molecule has 1 aliphatic carbocycles. The highest BCUT2D eigenvalue weighted by molar-refractivity contribution is 7.18. The third-order valence-corrected chi connectivity index (χ3v) is 4.73. The molecule has 114 valence electrons. The maximum atomic E-state index is 6.20. The van der Waals surface area contributed by atoms with Gasteiger partial charge in [0, 0.05) is 6.20 Å². The van der Waals surface area contributed by atoms with E-state index in [2.05, 4.69) is 20.1 Å². The van der Waals surface area contributed by atoms with E-state index in [0.29, 0.717) is 11.7 Å². The van der Waals surface area contributed by atoms with Crippen LogP contribution in [0.15, 0.2) is 35.1 Å². The zero-order valence-electron chi connectivity index (χ0n) is 11.6. The smallest absolute Gasteiger partial charge is 0.269 e. The van der Waals surface area contributed by atoms with Crippen molar-refractivity contribution in [3.05, 3.63) is 36.4 Å². The number of rotatable bonds is 3. The van der Waals surface area contributed by atoms with E-state index in [1.807, 2.05) is 18.2 Å². The minimum Gasteiger partial charge on any atom is -0.333 e. The largest absolute Gasteiger partial charge is 0.333 e. The van der Waals surface area contributed by atoms with Crippen molar-refractivity contribution in [2.45, 2.75) is 24.8 Å². The first-order valence-electron chi connectivity index (χ1n) is 6.75. The molecular weight excluding hydrogens is 322 g/mol. The Morgan fingerprint density at radius 3 is 2.77 bits per heavy atom. The Balaban J connectivity index is 0.00000144. The predicted octanol–water partition coefficient (Wildman–Crippen LogP) is 3.01. The number of nitrogens with zero attached hydrogens (tertiary/aromatic N) is 4. The van der Waals surface area contributed by atoms with E-state index in [1.165, 1.54) is 11.3 Å². The molecule has 3 aromatic rings. The molecule has 1 saturated carbocycles. The lowest BCUT2D eigenvalue weighted by molar-refractivity contribution is 0.229. The summed E-state index contributed by atoms with van der Waals surface area (Å²) >= 11 is 1.48. The number of thiazole rings is 1. The second-order valence-electron chi connectivity index (χ2n) is 5.18. The fourth-order valence-electron chi connectivity index (χ4n) is 2.29. The summed E-state index contributed by atoms with van der Waals surface area (Å²) in [5.41, 5.74) is 6.63. The van der Waals surface area contributed by atoms with Crippen LogP contribution in [0.1, 0.15) is 25.1 Å². The van der Waals surface area contributed by atoms with Gasteiger partial charge in [-0.1, -0.05) is 11.2 Å². The molecule has 22 heavy (non-hydrogen) atoms. The van der Waals surface area contributed by atoms with Crippen molar-refractivity contribution in [1.82, 2.24) is 20.1 Å². The van der Waals surface area contributed by atoms with Gasteiger partial charge >= 0.3 is 0 Å². The number of pyridine rings is 1. The average molecular weight is 336 g/mol.